The summed E-state index contributed by atoms with van der Waals surface area (Å²) in [5.41, 5.74) is 5.07. The van der Waals surface area contributed by atoms with Crippen molar-refractivity contribution in [3.63, 3.8) is 0 Å². The zero-order valence-corrected chi connectivity index (χ0v) is 14.3. The van der Waals surface area contributed by atoms with Gasteiger partial charge in [-0.1, -0.05) is 0 Å². The Kier molecular flexibility index (Phi) is 7.33. The first-order valence-electron chi connectivity index (χ1n) is 6.61. The van der Waals surface area contributed by atoms with Crippen LogP contribution in [0.25, 0.3) is 0 Å². The predicted octanol–water partition coefficient (Wildman–Crippen LogP) is 0.615. The number of amides is 2. The molecule has 3 N–H and O–H groups in total. The quantitative estimate of drug-likeness (QED) is 0.630. The van der Waals surface area contributed by atoms with Crippen molar-refractivity contribution >= 4 is 33.7 Å². The highest BCUT2D eigenvalue weighted by atomic mass is 79.9. The number of nitrogens with two attached hydrogens (primary N) is 1. The normalized spacial score (nSPS) is 9.87. The van der Waals surface area contributed by atoms with Crippen LogP contribution in [0.3, 0.4) is 0 Å². The first kappa shape index (κ1) is 18.8. The minimum absolute atomic E-state index is 0.184. The van der Waals surface area contributed by atoms with Crippen LogP contribution in [0.15, 0.2) is 16.6 Å². The Hall–Kier alpha value is -2.29. The number of primary amides is 1. The standard InChI is InChI=1S/C14H17BrN2O6/c1-3-22-10-5-8(4-9(15)13(10)21-2)14(20)23-7-12(19)17-6-11(16)18/h4-5H,3,6-7H2,1-2H3,(H2,16,18)(H,17,19). The SMILES string of the molecule is CCOc1cc(C(=O)OCC(=O)NCC(N)=O)cc(Br)c1OC. The number of hydrogen-bond acceptors (Lipinski definition) is 6. The lowest BCUT2D eigenvalue weighted by molar-refractivity contribution is -0.127. The Morgan fingerprint density at radius 1 is 1.30 bits per heavy atom. The molecule has 9 heteroatoms. The first-order valence-corrected chi connectivity index (χ1v) is 7.40. The van der Waals surface area contributed by atoms with E-state index in [1.54, 1.807) is 6.92 Å². The summed E-state index contributed by atoms with van der Waals surface area (Å²) in [7, 11) is 1.48. The van der Waals surface area contributed by atoms with Gasteiger partial charge in [-0.3, -0.25) is 9.59 Å². The molecule has 0 aliphatic heterocycles. The average Bonchev–Trinajstić information content (AvgIpc) is 2.50. The molecule has 0 aromatic heterocycles. The topological polar surface area (TPSA) is 117 Å². The summed E-state index contributed by atoms with van der Waals surface area (Å²) in [6.07, 6.45) is 0. The van der Waals surface area contributed by atoms with Crippen LogP contribution in [-0.4, -0.2) is 44.7 Å². The second-order valence-electron chi connectivity index (χ2n) is 4.24. The summed E-state index contributed by atoms with van der Waals surface area (Å²) >= 11 is 3.27. The Morgan fingerprint density at radius 3 is 2.57 bits per heavy atom. The molecule has 0 bridgehead atoms. The van der Waals surface area contributed by atoms with Crippen LogP contribution < -0.4 is 20.5 Å². The van der Waals surface area contributed by atoms with Crippen molar-refractivity contribution in [2.24, 2.45) is 5.73 Å². The van der Waals surface area contributed by atoms with Gasteiger partial charge in [0, 0.05) is 0 Å². The molecule has 0 aliphatic rings. The maximum absolute atomic E-state index is 12.0. The number of benzene rings is 1. The molecule has 0 radical (unpaired) electrons. The molecule has 2 amide bonds. The smallest absolute Gasteiger partial charge is 0.338 e. The number of ether oxygens (including phenoxy) is 3. The molecule has 1 aromatic rings. The lowest BCUT2D eigenvalue weighted by Crippen LogP contribution is -2.35. The number of carbonyl (C=O) groups is 3. The summed E-state index contributed by atoms with van der Waals surface area (Å²) < 4.78 is 16.0. The molecule has 0 atom stereocenters. The van der Waals surface area contributed by atoms with E-state index in [1.165, 1.54) is 19.2 Å². The number of halogens is 1. The molecule has 1 rings (SSSR count). The second-order valence-corrected chi connectivity index (χ2v) is 5.10. The Bertz CT molecular complexity index is 605. The highest BCUT2D eigenvalue weighted by molar-refractivity contribution is 9.10. The summed E-state index contributed by atoms with van der Waals surface area (Å²) in [5, 5.41) is 2.21. The molecule has 0 spiro atoms. The number of hydrogen-bond donors (Lipinski definition) is 2. The fourth-order valence-corrected chi connectivity index (χ4v) is 2.20. The van der Waals surface area contributed by atoms with Crippen molar-refractivity contribution in [1.29, 1.82) is 0 Å². The third-order valence-corrected chi connectivity index (χ3v) is 3.13. The molecular weight excluding hydrogens is 372 g/mol. The van der Waals surface area contributed by atoms with Gasteiger partial charge in [-0.05, 0) is 35.0 Å². The van der Waals surface area contributed by atoms with Gasteiger partial charge in [-0.15, -0.1) is 0 Å². The molecule has 0 saturated carbocycles. The average molecular weight is 389 g/mol. The minimum atomic E-state index is -0.719. The van der Waals surface area contributed by atoms with Crippen molar-refractivity contribution in [3.05, 3.63) is 22.2 Å². The molecule has 0 heterocycles. The number of rotatable bonds is 8. The van der Waals surface area contributed by atoms with Gasteiger partial charge in [0.2, 0.25) is 5.91 Å². The van der Waals surface area contributed by atoms with Crippen LogP contribution in [0, 0.1) is 0 Å². The maximum atomic E-state index is 12.0. The van der Waals surface area contributed by atoms with Crippen LogP contribution in [0.1, 0.15) is 17.3 Å². The summed E-state index contributed by atoms with van der Waals surface area (Å²) in [6.45, 7) is 1.33. The van der Waals surface area contributed by atoms with E-state index >= 15 is 0 Å². The number of carbonyl (C=O) groups excluding carboxylic acids is 3. The molecule has 0 saturated heterocycles. The number of methoxy groups -OCH3 is 1. The molecule has 0 aliphatic carbocycles. The van der Waals surface area contributed by atoms with Gasteiger partial charge in [-0.25, -0.2) is 4.79 Å². The monoisotopic (exact) mass is 388 g/mol. The fourth-order valence-electron chi connectivity index (χ4n) is 1.60. The van der Waals surface area contributed by atoms with Crippen molar-refractivity contribution in [2.45, 2.75) is 6.92 Å². The fraction of sp³-hybridized carbons (Fsp3) is 0.357. The number of nitrogens with one attached hydrogen (secondary N) is 1. The van der Waals surface area contributed by atoms with Gasteiger partial charge in [0.15, 0.2) is 18.1 Å². The van der Waals surface area contributed by atoms with E-state index < -0.39 is 24.4 Å². The van der Waals surface area contributed by atoms with Crippen molar-refractivity contribution in [1.82, 2.24) is 5.32 Å². The largest absolute Gasteiger partial charge is 0.492 e. The van der Waals surface area contributed by atoms with Crippen molar-refractivity contribution in [2.75, 3.05) is 26.9 Å². The Labute approximate surface area is 141 Å². The maximum Gasteiger partial charge on any atom is 0.338 e. The van der Waals surface area contributed by atoms with E-state index in [2.05, 4.69) is 21.2 Å². The van der Waals surface area contributed by atoms with Crippen molar-refractivity contribution in [3.8, 4) is 11.5 Å². The molecule has 0 unspecified atom stereocenters. The number of esters is 1. The van der Waals surface area contributed by atoms with Gasteiger partial charge in [0.25, 0.3) is 5.91 Å². The van der Waals surface area contributed by atoms with E-state index in [0.717, 1.165) is 0 Å². The van der Waals surface area contributed by atoms with E-state index in [4.69, 9.17) is 19.9 Å². The highest BCUT2D eigenvalue weighted by Gasteiger charge is 2.17. The molecule has 23 heavy (non-hydrogen) atoms. The van der Waals surface area contributed by atoms with Crippen LogP contribution in [-0.2, 0) is 14.3 Å². The van der Waals surface area contributed by atoms with E-state index in [9.17, 15) is 14.4 Å². The summed E-state index contributed by atoms with van der Waals surface area (Å²) in [4.78, 5) is 33.9. The second kappa shape index (κ2) is 8.99. The van der Waals surface area contributed by atoms with Gasteiger partial charge in [0.05, 0.1) is 30.3 Å². The first-order chi connectivity index (χ1) is 10.9. The van der Waals surface area contributed by atoms with Crippen molar-refractivity contribution < 1.29 is 28.6 Å². The molecule has 8 nitrogen and oxygen atoms in total. The van der Waals surface area contributed by atoms with Gasteiger partial charge in [0.1, 0.15) is 0 Å². The van der Waals surface area contributed by atoms with E-state index in [1.807, 2.05) is 0 Å². The zero-order valence-electron chi connectivity index (χ0n) is 12.7. The van der Waals surface area contributed by atoms with Gasteiger partial charge < -0.3 is 25.3 Å². The predicted molar refractivity (Wildman–Crippen MR) is 84.3 cm³/mol. The molecule has 0 fully saturated rings. The van der Waals surface area contributed by atoms with Gasteiger partial charge >= 0.3 is 5.97 Å². The molecule has 1 aromatic carbocycles. The summed E-state index contributed by atoms with van der Waals surface area (Å²) in [6, 6.07) is 2.95. The lowest BCUT2D eigenvalue weighted by atomic mass is 10.2. The van der Waals surface area contributed by atoms with Crippen LogP contribution in [0.4, 0.5) is 0 Å². The zero-order chi connectivity index (χ0) is 17.4. The van der Waals surface area contributed by atoms with Crippen LogP contribution >= 0.6 is 15.9 Å². The van der Waals surface area contributed by atoms with Crippen LogP contribution in [0.5, 0.6) is 11.5 Å². The highest BCUT2D eigenvalue weighted by Crippen LogP contribution is 2.36. The third kappa shape index (κ3) is 5.78. The molecular formula is C14H17BrN2O6. The van der Waals surface area contributed by atoms with E-state index in [-0.39, 0.29) is 12.1 Å². The third-order valence-electron chi connectivity index (χ3n) is 2.54. The lowest BCUT2D eigenvalue weighted by Gasteiger charge is -2.13. The molecule has 126 valence electrons. The summed E-state index contributed by atoms with van der Waals surface area (Å²) in [5.74, 6) is -1.22. The van der Waals surface area contributed by atoms with Gasteiger partial charge in [-0.2, -0.15) is 0 Å². The van der Waals surface area contributed by atoms with Crippen LogP contribution in [0.2, 0.25) is 0 Å². The van der Waals surface area contributed by atoms with E-state index in [0.29, 0.717) is 22.6 Å². The Morgan fingerprint density at radius 2 is 2.00 bits per heavy atom. The Balaban J connectivity index is 2.76. The minimum Gasteiger partial charge on any atom is -0.492 e.